The Balaban J connectivity index is 2.80. The van der Waals surface area contributed by atoms with Crippen LogP contribution in [0.15, 0.2) is 21.7 Å². The van der Waals surface area contributed by atoms with Crippen molar-refractivity contribution in [2.75, 3.05) is 0 Å². The molecule has 0 fully saturated rings. The molecule has 0 saturated heterocycles. The summed E-state index contributed by atoms with van der Waals surface area (Å²) in [5.74, 6) is 0. The maximum atomic E-state index is 3.51. The van der Waals surface area contributed by atoms with Crippen LogP contribution in [0.2, 0.25) is 0 Å². The summed E-state index contributed by atoms with van der Waals surface area (Å²) >= 11 is 3.51. The van der Waals surface area contributed by atoms with E-state index in [1.165, 1.54) is 29.3 Å². The van der Waals surface area contributed by atoms with Crippen molar-refractivity contribution in [1.82, 2.24) is 0 Å². The van der Waals surface area contributed by atoms with E-state index in [9.17, 15) is 0 Å². The molecule has 0 unspecified atom stereocenters. The van der Waals surface area contributed by atoms with E-state index in [2.05, 4.69) is 35.9 Å². The first-order valence-corrected chi connectivity index (χ1v) is 4.58. The average Bonchev–Trinajstić information content (AvgIpc) is 1.88. The standard InChI is InChI=1S/C9H13Br/c1-3-8-4-5-9(10)6-7(8)2/h6H,3-5H2,1-2H3. The van der Waals surface area contributed by atoms with Gasteiger partial charge in [-0.1, -0.05) is 34.0 Å². The van der Waals surface area contributed by atoms with Crippen LogP contribution in [0.1, 0.15) is 33.1 Å². The topological polar surface area (TPSA) is 0 Å². The molecule has 10 heavy (non-hydrogen) atoms. The Morgan fingerprint density at radius 1 is 1.50 bits per heavy atom. The predicted octanol–water partition coefficient (Wildman–Crippen LogP) is 3.79. The van der Waals surface area contributed by atoms with Crippen LogP contribution in [0.4, 0.5) is 0 Å². The maximum Gasteiger partial charge on any atom is -0.00436 e. The second kappa shape index (κ2) is 3.38. The van der Waals surface area contributed by atoms with Gasteiger partial charge in [-0.2, -0.15) is 0 Å². The molecule has 0 aromatic carbocycles. The highest BCUT2D eigenvalue weighted by Gasteiger charge is 2.05. The maximum absolute atomic E-state index is 3.51. The summed E-state index contributed by atoms with van der Waals surface area (Å²) in [5, 5.41) is 0. The van der Waals surface area contributed by atoms with Gasteiger partial charge in [0.05, 0.1) is 0 Å². The normalized spacial score (nSPS) is 19.3. The molecule has 56 valence electrons. The molecule has 0 aromatic rings. The highest BCUT2D eigenvalue weighted by atomic mass is 79.9. The molecular formula is C9H13Br. The van der Waals surface area contributed by atoms with Crippen LogP contribution in [-0.2, 0) is 0 Å². The van der Waals surface area contributed by atoms with Gasteiger partial charge in [0.25, 0.3) is 0 Å². The lowest BCUT2D eigenvalue weighted by Crippen LogP contribution is -1.92. The van der Waals surface area contributed by atoms with Gasteiger partial charge in [0.2, 0.25) is 0 Å². The number of rotatable bonds is 1. The Kier molecular flexibility index (Phi) is 2.72. The van der Waals surface area contributed by atoms with Crippen molar-refractivity contribution < 1.29 is 0 Å². The minimum atomic E-state index is 1.19. The fourth-order valence-corrected chi connectivity index (χ4v) is 1.87. The van der Waals surface area contributed by atoms with Gasteiger partial charge in [-0.3, -0.25) is 0 Å². The lowest BCUT2D eigenvalue weighted by atomic mass is 9.97. The van der Waals surface area contributed by atoms with Crippen LogP contribution >= 0.6 is 15.9 Å². The van der Waals surface area contributed by atoms with Gasteiger partial charge in [-0.25, -0.2) is 0 Å². The smallest absolute Gasteiger partial charge is 0.00436 e. The molecule has 0 nitrogen and oxygen atoms in total. The first kappa shape index (κ1) is 8.06. The van der Waals surface area contributed by atoms with Gasteiger partial charge in [0, 0.05) is 0 Å². The summed E-state index contributed by atoms with van der Waals surface area (Å²) in [7, 11) is 0. The Hall–Kier alpha value is -0.0400. The van der Waals surface area contributed by atoms with Crippen LogP contribution in [0.25, 0.3) is 0 Å². The van der Waals surface area contributed by atoms with Gasteiger partial charge in [-0.05, 0) is 36.7 Å². The van der Waals surface area contributed by atoms with Crippen molar-refractivity contribution in [3.63, 3.8) is 0 Å². The first-order chi connectivity index (χ1) is 4.74. The summed E-state index contributed by atoms with van der Waals surface area (Å²) in [6.07, 6.45) is 5.89. The highest BCUT2D eigenvalue weighted by molar-refractivity contribution is 9.11. The third kappa shape index (κ3) is 1.72. The SMILES string of the molecule is CCC1=C(C)C=C(Br)CC1. The second-order valence-electron chi connectivity index (χ2n) is 2.73. The third-order valence-corrected chi connectivity index (χ3v) is 2.65. The molecule has 1 rings (SSSR count). The molecule has 0 amide bonds. The zero-order valence-electron chi connectivity index (χ0n) is 6.58. The molecular weight excluding hydrogens is 188 g/mol. The van der Waals surface area contributed by atoms with E-state index in [1.807, 2.05) is 0 Å². The van der Waals surface area contributed by atoms with Gasteiger partial charge in [0.15, 0.2) is 0 Å². The summed E-state index contributed by atoms with van der Waals surface area (Å²) in [4.78, 5) is 0. The van der Waals surface area contributed by atoms with E-state index in [4.69, 9.17) is 0 Å². The molecule has 0 aliphatic heterocycles. The quantitative estimate of drug-likeness (QED) is 0.605. The fraction of sp³-hybridized carbons (Fsp3) is 0.556. The van der Waals surface area contributed by atoms with Crippen LogP contribution in [-0.4, -0.2) is 0 Å². The van der Waals surface area contributed by atoms with E-state index < -0.39 is 0 Å². The van der Waals surface area contributed by atoms with Gasteiger partial charge >= 0.3 is 0 Å². The Morgan fingerprint density at radius 2 is 2.20 bits per heavy atom. The molecule has 0 heterocycles. The summed E-state index contributed by atoms with van der Waals surface area (Å²) in [6.45, 7) is 4.42. The predicted molar refractivity (Wildman–Crippen MR) is 49.2 cm³/mol. The van der Waals surface area contributed by atoms with Crippen LogP contribution in [0.3, 0.4) is 0 Å². The minimum absolute atomic E-state index is 1.19. The van der Waals surface area contributed by atoms with E-state index >= 15 is 0 Å². The molecule has 0 radical (unpaired) electrons. The molecule has 0 aromatic heterocycles. The van der Waals surface area contributed by atoms with Crippen molar-refractivity contribution >= 4 is 15.9 Å². The van der Waals surface area contributed by atoms with Crippen LogP contribution in [0, 0.1) is 0 Å². The lowest BCUT2D eigenvalue weighted by molar-refractivity contribution is 0.869. The van der Waals surface area contributed by atoms with E-state index in [0.29, 0.717) is 0 Å². The van der Waals surface area contributed by atoms with Gasteiger partial charge < -0.3 is 0 Å². The summed E-state index contributed by atoms with van der Waals surface area (Å²) in [5.41, 5.74) is 3.07. The summed E-state index contributed by atoms with van der Waals surface area (Å²) in [6, 6.07) is 0. The van der Waals surface area contributed by atoms with Crippen molar-refractivity contribution in [3.8, 4) is 0 Å². The summed E-state index contributed by atoms with van der Waals surface area (Å²) < 4.78 is 1.35. The fourth-order valence-electron chi connectivity index (χ4n) is 1.33. The van der Waals surface area contributed by atoms with E-state index in [-0.39, 0.29) is 0 Å². The molecule has 1 aliphatic carbocycles. The van der Waals surface area contributed by atoms with Gasteiger partial charge in [0.1, 0.15) is 0 Å². The van der Waals surface area contributed by atoms with E-state index in [1.54, 1.807) is 5.57 Å². The number of halogens is 1. The van der Waals surface area contributed by atoms with Crippen LogP contribution < -0.4 is 0 Å². The van der Waals surface area contributed by atoms with Crippen molar-refractivity contribution in [2.24, 2.45) is 0 Å². The zero-order chi connectivity index (χ0) is 7.56. The first-order valence-electron chi connectivity index (χ1n) is 3.78. The molecule has 1 aliphatic rings. The zero-order valence-corrected chi connectivity index (χ0v) is 8.16. The molecule has 0 spiro atoms. The monoisotopic (exact) mass is 200 g/mol. The minimum Gasteiger partial charge on any atom is -0.0672 e. The average molecular weight is 201 g/mol. The molecule has 0 atom stereocenters. The second-order valence-corrected chi connectivity index (χ2v) is 3.75. The van der Waals surface area contributed by atoms with Gasteiger partial charge in [-0.15, -0.1) is 0 Å². The number of hydrogen-bond acceptors (Lipinski definition) is 0. The Morgan fingerprint density at radius 3 is 2.70 bits per heavy atom. The highest BCUT2D eigenvalue weighted by Crippen LogP contribution is 2.28. The molecule has 1 heteroatoms. The number of allylic oxidation sites excluding steroid dienone is 4. The largest absolute Gasteiger partial charge is 0.0672 e. The lowest BCUT2D eigenvalue weighted by Gasteiger charge is -2.13. The van der Waals surface area contributed by atoms with Crippen molar-refractivity contribution in [1.29, 1.82) is 0 Å². The van der Waals surface area contributed by atoms with Crippen molar-refractivity contribution in [2.45, 2.75) is 33.1 Å². The Bertz CT molecular complexity index is 187. The third-order valence-electron chi connectivity index (χ3n) is 2.02. The van der Waals surface area contributed by atoms with Crippen molar-refractivity contribution in [3.05, 3.63) is 21.7 Å². The van der Waals surface area contributed by atoms with E-state index in [0.717, 1.165) is 0 Å². The Labute approximate surface area is 71.1 Å². The van der Waals surface area contributed by atoms with Crippen LogP contribution in [0.5, 0.6) is 0 Å². The molecule has 0 bridgehead atoms. The molecule has 0 saturated carbocycles. The number of hydrogen-bond donors (Lipinski definition) is 0. The molecule has 0 N–H and O–H groups in total.